The van der Waals surface area contributed by atoms with Crippen LogP contribution in [0.5, 0.6) is 0 Å². The van der Waals surface area contributed by atoms with Crippen molar-refractivity contribution >= 4 is 51.4 Å². The molecule has 1 saturated heterocycles. The molecular weight excluding hydrogens is 473 g/mol. The largest absolute Gasteiger partial charge is 0.416 e. The van der Waals surface area contributed by atoms with Crippen molar-refractivity contribution in [3.63, 3.8) is 0 Å². The summed E-state index contributed by atoms with van der Waals surface area (Å²) in [7, 11) is 0. The van der Waals surface area contributed by atoms with Gasteiger partial charge in [-0.1, -0.05) is 23.7 Å². The van der Waals surface area contributed by atoms with Gasteiger partial charge in [-0.3, -0.25) is 9.48 Å². The number of aliphatic imine (C=N–C) groups is 1. The van der Waals surface area contributed by atoms with Gasteiger partial charge in [0.05, 0.1) is 28.7 Å². The van der Waals surface area contributed by atoms with Crippen LogP contribution in [0, 0.1) is 6.42 Å². The van der Waals surface area contributed by atoms with E-state index < -0.39 is 11.7 Å². The number of halogens is 4. The van der Waals surface area contributed by atoms with Gasteiger partial charge in [-0.05, 0) is 66.1 Å². The van der Waals surface area contributed by atoms with Gasteiger partial charge in [-0.2, -0.15) is 23.3 Å². The highest BCUT2D eigenvalue weighted by molar-refractivity contribution is 8.18. The van der Waals surface area contributed by atoms with Crippen molar-refractivity contribution in [3.05, 3.63) is 75.6 Å². The molecule has 169 valence electrons. The number of rotatable bonds is 3. The molecule has 0 spiro atoms. The van der Waals surface area contributed by atoms with Gasteiger partial charge in [-0.25, -0.2) is 0 Å². The van der Waals surface area contributed by atoms with Crippen molar-refractivity contribution in [3.8, 4) is 0 Å². The number of hydrogen-bond acceptors (Lipinski definition) is 4. The summed E-state index contributed by atoms with van der Waals surface area (Å²) in [4.78, 5) is 19.1. The Morgan fingerprint density at radius 1 is 1.18 bits per heavy atom. The van der Waals surface area contributed by atoms with Crippen molar-refractivity contribution in [2.45, 2.75) is 19.1 Å². The Hall–Kier alpha value is -2.78. The Morgan fingerprint density at radius 2 is 2.03 bits per heavy atom. The molecule has 10 heteroatoms. The van der Waals surface area contributed by atoms with Crippen LogP contribution in [0.25, 0.3) is 17.0 Å². The zero-order chi connectivity index (χ0) is 23.2. The minimum Gasteiger partial charge on any atom is -0.350 e. The second-order valence-corrected chi connectivity index (χ2v) is 9.20. The first-order valence-electron chi connectivity index (χ1n) is 10.2. The lowest BCUT2D eigenvalue weighted by atomic mass is 10.1. The first-order valence-corrected chi connectivity index (χ1v) is 11.4. The van der Waals surface area contributed by atoms with Gasteiger partial charge in [0.1, 0.15) is 0 Å². The van der Waals surface area contributed by atoms with Crippen LogP contribution in [0.1, 0.15) is 23.1 Å². The van der Waals surface area contributed by atoms with E-state index in [0.717, 1.165) is 41.7 Å². The number of carbonyl (C=O) groups excluding carboxylic acids is 1. The Kier molecular flexibility index (Phi) is 5.70. The van der Waals surface area contributed by atoms with Crippen molar-refractivity contribution in [2.24, 2.45) is 4.99 Å². The number of alkyl halides is 3. The van der Waals surface area contributed by atoms with E-state index in [2.05, 4.69) is 21.4 Å². The minimum atomic E-state index is -4.51. The molecule has 1 amide bonds. The topological polar surface area (TPSA) is 50.5 Å². The van der Waals surface area contributed by atoms with E-state index in [4.69, 9.17) is 11.6 Å². The summed E-state index contributed by atoms with van der Waals surface area (Å²) in [6.07, 6.45) is 2.01. The van der Waals surface area contributed by atoms with Crippen LogP contribution >= 0.6 is 23.4 Å². The van der Waals surface area contributed by atoms with E-state index >= 15 is 0 Å². The Morgan fingerprint density at radius 3 is 2.79 bits per heavy atom. The molecule has 0 atom stereocenters. The molecule has 1 fully saturated rings. The molecule has 3 aromatic rings. The molecule has 0 N–H and O–H groups in total. The Bertz CT molecular complexity index is 1310. The average molecular weight is 490 g/mol. The maximum atomic E-state index is 13.4. The lowest BCUT2D eigenvalue weighted by Gasteiger charge is -2.14. The smallest absolute Gasteiger partial charge is 0.350 e. The molecule has 33 heavy (non-hydrogen) atoms. The number of aromatic nitrogens is 2. The van der Waals surface area contributed by atoms with Gasteiger partial charge in [0.15, 0.2) is 5.17 Å². The van der Waals surface area contributed by atoms with E-state index in [-0.39, 0.29) is 23.0 Å². The van der Waals surface area contributed by atoms with Gasteiger partial charge in [0.2, 0.25) is 0 Å². The molecule has 2 aliphatic heterocycles. The first kappa shape index (κ1) is 22.0. The van der Waals surface area contributed by atoms with E-state index in [1.54, 1.807) is 18.3 Å². The predicted octanol–water partition coefficient (Wildman–Crippen LogP) is 5.64. The number of hydrogen-bond donors (Lipinski definition) is 0. The highest BCUT2D eigenvalue weighted by Crippen LogP contribution is 2.35. The lowest BCUT2D eigenvalue weighted by molar-refractivity contribution is -0.138. The molecule has 5 nitrogen and oxygen atoms in total. The maximum absolute atomic E-state index is 13.4. The number of amidine groups is 1. The number of thioether (sulfide) groups is 1. The maximum Gasteiger partial charge on any atom is 0.416 e. The van der Waals surface area contributed by atoms with Crippen LogP contribution in [0.2, 0.25) is 5.02 Å². The normalized spacial score (nSPS) is 18.1. The van der Waals surface area contributed by atoms with Gasteiger partial charge in [-0.15, -0.1) is 0 Å². The number of amides is 1. The SMILES string of the molecule is O=C1N=C(N2C[CH]CC2)S/C1=C\c1ccc2c(cnn2Cc2ccc(Cl)cc2C(F)(F)F)c1. The van der Waals surface area contributed by atoms with Crippen molar-refractivity contribution in [1.29, 1.82) is 0 Å². The van der Waals surface area contributed by atoms with E-state index in [1.807, 2.05) is 12.1 Å². The fourth-order valence-corrected chi connectivity index (χ4v) is 5.00. The number of fused-ring (bicyclic) bond motifs is 1. The van der Waals surface area contributed by atoms with Crippen LogP contribution < -0.4 is 0 Å². The molecule has 1 radical (unpaired) electrons. The number of benzene rings is 2. The van der Waals surface area contributed by atoms with Crippen LogP contribution in [0.4, 0.5) is 13.2 Å². The summed E-state index contributed by atoms with van der Waals surface area (Å²) in [5.41, 5.74) is 0.794. The van der Waals surface area contributed by atoms with Gasteiger partial charge in [0.25, 0.3) is 5.91 Å². The van der Waals surface area contributed by atoms with Crippen molar-refractivity contribution in [2.75, 3.05) is 13.1 Å². The quantitative estimate of drug-likeness (QED) is 0.447. The van der Waals surface area contributed by atoms with Crippen LogP contribution in [0.3, 0.4) is 0 Å². The molecular formula is C23H17ClF3N4OS. The van der Waals surface area contributed by atoms with Gasteiger partial charge in [0, 0.05) is 23.5 Å². The first-order chi connectivity index (χ1) is 15.8. The zero-order valence-electron chi connectivity index (χ0n) is 17.1. The monoisotopic (exact) mass is 489 g/mol. The number of likely N-dealkylation sites (tertiary alicyclic amines) is 1. The fourth-order valence-electron chi connectivity index (χ4n) is 3.88. The summed E-state index contributed by atoms with van der Waals surface area (Å²) in [6, 6.07) is 9.20. The molecule has 3 heterocycles. The third kappa shape index (κ3) is 4.52. The summed E-state index contributed by atoms with van der Waals surface area (Å²) in [6.45, 7) is 1.61. The van der Waals surface area contributed by atoms with Gasteiger partial charge < -0.3 is 4.90 Å². The van der Waals surface area contributed by atoms with E-state index in [1.165, 1.54) is 28.6 Å². The van der Waals surface area contributed by atoms with Crippen LogP contribution in [0.15, 0.2) is 52.5 Å². The highest BCUT2D eigenvalue weighted by Gasteiger charge is 2.33. The summed E-state index contributed by atoms with van der Waals surface area (Å²) < 4.78 is 41.8. The van der Waals surface area contributed by atoms with Gasteiger partial charge >= 0.3 is 6.18 Å². The molecule has 0 unspecified atom stereocenters. The third-order valence-corrected chi connectivity index (χ3v) is 6.77. The molecule has 1 aromatic heterocycles. The Labute approximate surface area is 196 Å². The van der Waals surface area contributed by atoms with Crippen molar-refractivity contribution in [1.82, 2.24) is 14.7 Å². The molecule has 2 aromatic carbocycles. The van der Waals surface area contributed by atoms with Crippen LogP contribution in [-0.2, 0) is 17.5 Å². The summed E-state index contributed by atoms with van der Waals surface area (Å²) >= 11 is 7.13. The average Bonchev–Trinajstić information content (AvgIpc) is 3.50. The molecule has 5 rings (SSSR count). The minimum absolute atomic E-state index is 0.0309. The second-order valence-electron chi connectivity index (χ2n) is 7.75. The number of carbonyl (C=O) groups is 1. The molecule has 0 aliphatic carbocycles. The summed E-state index contributed by atoms with van der Waals surface area (Å²) in [5, 5.41) is 5.79. The molecule has 0 bridgehead atoms. The van der Waals surface area contributed by atoms with Crippen molar-refractivity contribution < 1.29 is 18.0 Å². The summed E-state index contributed by atoms with van der Waals surface area (Å²) in [5.74, 6) is -0.264. The Balaban J connectivity index is 1.39. The molecule has 0 saturated carbocycles. The third-order valence-electron chi connectivity index (χ3n) is 5.49. The molecule has 2 aliphatic rings. The van der Waals surface area contributed by atoms with E-state index in [9.17, 15) is 18.0 Å². The number of nitrogens with zero attached hydrogens (tertiary/aromatic N) is 4. The lowest BCUT2D eigenvalue weighted by Crippen LogP contribution is -2.23. The second kappa shape index (κ2) is 8.53. The predicted molar refractivity (Wildman–Crippen MR) is 124 cm³/mol. The highest BCUT2D eigenvalue weighted by atomic mass is 35.5. The zero-order valence-corrected chi connectivity index (χ0v) is 18.7. The van der Waals surface area contributed by atoms with E-state index in [0.29, 0.717) is 10.4 Å². The van der Waals surface area contributed by atoms with Crippen LogP contribution in [-0.4, -0.2) is 38.8 Å². The fraction of sp³-hybridized carbons (Fsp3) is 0.217. The standard InChI is InChI=1S/C23H17ClF3N4OS/c24-17-5-4-15(18(11-17)23(25,26)27)13-31-19-6-3-14(9-16(19)12-28-31)10-20-21(32)29-22(33-20)30-7-1-2-8-30/h1,3-6,9-12H,2,7-8,13H2/b20-10-.